The fraction of sp³-hybridized carbons (Fsp3) is 1.00. The van der Waals surface area contributed by atoms with Gasteiger partial charge in [0.15, 0.2) is 0 Å². The van der Waals surface area contributed by atoms with E-state index < -0.39 is 0 Å². The Balaban J connectivity index is 2.50. The molecular weight excluding hydrogens is 222 g/mol. The zero-order valence-corrected chi connectivity index (χ0v) is 12.9. The molecule has 0 amide bonds. The molecule has 2 nitrogen and oxygen atoms in total. The average Bonchev–Trinajstić information content (AvgIpc) is 2.39. The van der Waals surface area contributed by atoms with Gasteiger partial charge in [-0.3, -0.25) is 0 Å². The molecule has 4 unspecified atom stereocenters. The summed E-state index contributed by atoms with van der Waals surface area (Å²) in [5, 5.41) is 3.62. The van der Waals surface area contributed by atoms with Crippen molar-refractivity contribution >= 4 is 0 Å². The Kier molecular flexibility index (Phi) is 7.92. The van der Waals surface area contributed by atoms with Gasteiger partial charge in [0.1, 0.15) is 0 Å². The van der Waals surface area contributed by atoms with Gasteiger partial charge in [0.25, 0.3) is 0 Å². The molecule has 0 heterocycles. The van der Waals surface area contributed by atoms with Crippen molar-refractivity contribution in [3.8, 4) is 0 Å². The van der Waals surface area contributed by atoms with Crippen LogP contribution in [-0.4, -0.2) is 26.8 Å². The molecule has 0 aromatic heterocycles. The van der Waals surface area contributed by atoms with Gasteiger partial charge in [-0.05, 0) is 56.0 Å². The standard InChI is InChI=1S/C16H33NO/c1-5-9-17-11-15-8-7-14(6-2)10-16(15)13(3)12-18-4/h13-17H,5-12H2,1-4H3. The van der Waals surface area contributed by atoms with E-state index in [2.05, 4.69) is 26.1 Å². The summed E-state index contributed by atoms with van der Waals surface area (Å²) in [4.78, 5) is 0. The molecule has 0 aromatic rings. The molecule has 1 saturated carbocycles. The molecule has 4 atom stereocenters. The van der Waals surface area contributed by atoms with Crippen LogP contribution in [-0.2, 0) is 4.74 Å². The highest BCUT2D eigenvalue weighted by Crippen LogP contribution is 2.39. The van der Waals surface area contributed by atoms with E-state index in [0.29, 0.717) is 5.92 Å². The molecule has 0 radical (unpaired) electrons. The SMILES string of the molecule is CCCNCC1CCC(CC)CC1C(C)COC. The number of hydrogen-bond acceptors (Lipinski definition) is 2. The minimum atomic E-state index is 0.706. The average molecular weight is 255 g/mol. The number of hydrogen-bond donors (Lipinski definition) is 1. The molecule has 0 bridgehead atoms. The van der Waals surface area contributed by atoms with Gasteiger partial charge in [-0.2, -0.15) is 0 Å². The van der Waals surface area contributed by atoms with Crippen molar-refractivity contribution in [1.82, 2.24) is 5.32 Å². The fourth-order valence-electron chi connectivity index (χ4n) is 3.53. The predicted molar refractivity (Wildman–Crippen MR) is 78.8 cm³/mol. The second-order valence-electron chi connectivity index (χ2n) is 6.15. The zero-order valence-electron chi connectivity index (χ0n) is 12.9. The zero-order chi connectivity index (χ0) is 13.4. The van der Waals surface area contributed by atoms with Crippen molar-refractivity contribution in [2.24, 2.45) is 23.7 Å². The molecule has 1 fully saturated rings. The first-order valence-corrected chi connectivity index (χ1v) is 7.92. The third-order valence-electron chi connectivity index (χ3n) is 4.73. The van der Waals surface area contributed by atoms with Crippen LogP contribution in [0.3, 0.4) is 0 Å². The van der Waals surface area contributed by atoms with Crippen molar-refractivity contribution < 1.29 is 4.74 Å². The summed E-state index contributed by atoms with van der Waals surface area (Å²) < 4.78 is 5.38. The Labute approximate surface area is 114 Å². The Morgan fingerprint density at radius 3 is 2.67 bits per heavy atom. The number of methoxy groups -OCH3 is 1. The highest BCUT2D eigenvalue weighted by atomic mass is 16.5. The second kappa shape index (κ2) is 8.92. The van der Waals surface area contributed by atoms with Crippen LogP contribution in [0.5, 0.6) is 0 Å². The van der Waals surface area contributed by atoms with Crippen LogP contribution in [0.1, 0.15) is 52.9 Å². The van der Waals surface area contributed by atoms with Gasteiger partial charge in [-0.1, -0.05) is 33.6 Å². The second-order valence-corrected chi connectivity index (χ2v) is 6.15. The molecule has 1 aliphatic carbocycles. The Morgan fingerprint density at radius 2 is 2.06 bits per heavy atom. The number of ether oxygens (including phenoxy) is 1. The lowest BCUT2D eigenvalue weighted by Crippen LogP contribution is -2.37. The topological polar surface area (TPSA) is 21.3 Å². The highest BCUT2D eigenvalue weighted by Gasteiger charge is 2.32. The molecule has 0 aliphatic heterocycles. The summed E-state index contributed by atoms with van der Waals surface area (Å²) in [6.45, 7) is 10.3. The molecular formula is C16H33NO. The van der Waals surface area contributed by atoms with Crippen LogP contribution in [0.15, 0.2) is 0 Å². The van der Waals surface area contributed by atoms with Crippen LogP contribution >= 0.6 is 0 Å². The molecule has 0 saturated heterocycles. The van der Waals surface area contributed by atoms with Gasteiger partial charge >= 0.3 is 0 Å². The Morgan fingerprint density at radius 1 is 1.28 bits per heavy atom. The molecule has 2 heteroatoms. The van der Waals surface area contributed by atoms with Crippen molar-refractivity contribution in [2.75, 3.05) is 26.8 Å². The van der Waals surface area contributed by atoms with E-state index in [0.717, 1.165) is 24.4 Å². The molecule has 0 spiro atoms. The molecule has 1 rings (SSSR count). The van der Waals surface area contributed by atoms with Gasteiger partial charge in [-0.15, -0.1) is 0 Å². The van der Waals surface area contributed by atoms with Gasteiger partial charge in [0.05, 0.1) is 0 Å². The van der Waals surface area contributed by atoms with Crippen LogP contribution < -0.4 is 5.32 Å². The van der Waals surface area contributed by atoms with Crippen molar-refractivity contribution in [3.05, 3.63) is 0 Å². The summed E-state index contributed by atoms with van der Waals surface area (Å²) >= 11 is 0. The quantitative estimate of drug-likeness (QED) is 0.668. The summed E-state index contributed by atoms with van der Waals surface area (Å²) in [6, 6.07) is 0. The van der Waals surface area contributed by atoms with Crippen LogP contribution in [0.2, 0.25) is 0 Å². The molecule has 18 heavy (non-hydrogen) atoms. The third-order valence-corrected chi connectivity index (χ3v) is 4.73. The molecule has 0 aromatic carbocycles. The van der Waals surface area contributed by atoms with E-state index in [1.54, 1.807) is 0 Å². The van der Waals surface area contributed by atoms with E-state index in [1.807, 2.05) is 7.11 Å². The van der Waals surface area contributed by atoms with Gasteiger partial charge < -0.3 is 10.1 Å². The normalized spacial score (nSPS) is 30.3. The first-order valence-electron chi connectivity index (χ1n) is 7.92. The summed E-state index contributed by atoms with van der Waals surface area (Å²) in [6.07, 6.45) is 6.85. The summed E-state index contributed by atoms with van der Waals surface area (Å²) in [5.41, 5.74) is 0. The Bertz CT molecular complexity index is 205. The van der Waals surface area contributed by atoms with Crippen molar-refractivity contribution in [3.63, 3.8) is 0 Å². The molecule has 1 aliphatic rings. The maximum absolute atomic E-state index is 5.38. The predicted octanol–water partition coefficient (Wildman–Crippen LogP) is 3.71. The Hall–Kier alpha value is -0.0800. The summed E-state index contributed by atoms with van der Waals surface area (Å²) in [7, 11) is 1.83. The number of rotatable bonds is 8. The smallest absolute Gasteiger partial charge is 0.0490 e. The van der Waals surface area contributed by atoms with Crippen LogP contribution in [0, 0.1) is 23.7 Å². The van der Waals surface area contributed by atoms with Crippen molar-refractivity contribution in [1.29, 1.82) is 0 Å². The maximum Gasteiger partial charge on any atom is 0.0490 e. The largest absolute Gasteiger partial charge is 0.384 e. The minimum absolute atomic E-state index is 0.706. The van der Waals surface area contributed by atoms with Gasteiger partial charge in [-0.25, -0.2) is 0 Å². The van der Waals surface area contributed by atoms with E-state index >= 15 is 0 Å². The van der Waals surface area contributed by atoms with E-state index in [-0.39, 0.29) is 0 Å². The maximum atomic E-state index is 5.38. The highest BCUT2D eigenvalue weighted by molar-refractivity contribution is 4.84. The van der Waals surface area contributed by atoms with Gasteiger partial charge in [0.2, 0.25) is 0 Å². The monoisotopic (exact) mass is 255 g/mol. The van der Waals surface area contributed by atoms with E-state index in [4.69, 9.17) is 4.74 Å². The van der Waals surface area contributed by atoms with Gasteiger partial charge in [0, 0.05) is 13.7 Å². The van der Waals surface area contributed by atoms with E-state index in [1.165, 1.54) is 45.2 Å². The lowest BCUT2D eigenvalue weighted by Gasteiger charge is -2.39. The summed E-state index contributed by atoms with van der Waals surface area (Å²) in [5.74, 6) is 3.38. The lowest BCUT2D eigenvalue weighted by atomic mass is 9.68. The van der Waals surface area contributed by atoms with Crippen molar-refractivity contribution in [2.45, 2.75) is 52.9 Å². The fourth-order valence-corrected chi connectivity index (χ4v) is 3.53. The van der Waals surface area contributed by atoms with Crippen LogP contribution in [0.25, 0.3) is 0 Å². The molecule has 108 valence electrons. The first-order chi connectivity index (χ1) is 8.72. The third kappa shape index (κ3) is 4.89. The van der Waals surface area contributed by atoms with E-state index in [9.17, 15) is 0 Å². The molecule has 1 N–H and O–H groups in total. The number of nitrogens with one attached hydrogen (secondary N) is 1. The minimum Gasteiger partial charge on any atom is -0.384 e. The first kappa shape index (κ1) is 16.0. The van der Waals surface area contributed by atoms with Crippen LogP contribution in [0.4, 0.5) is 0 Å². The lowest BCUT2D eigenvalue weighted by molar-refractivity contribution is 0.0648.